The van der Waals surface area contributed by atoms with Crippen molar-refractivity contribution in [1.82, 2.24) is 9.97 Å². The van der Waals surface area contributed by atoms with Gasteiger partial charge in [-0.2, -0.15) is 18.2 Å². The van der Waals surface area contributed by atoms with Gasteiger partial charge in [-0.1, -0.05) is 25.1 Å². The summed E-state index contributed by atoms with van der Waals surface area (Å²) in [5.41, 5.74) is -0.165. The Balaban J connectivity index is 2.39. The predicted octanol–water partition coefficient (Wildman–Crippen LogP) is 3.89. The van der Waals surface area contributed by atoms with Crippen molar-refractivity contribution in [2.24, 2.45) is 0 Å². The maximum absolute atomic E-state index is 12.8. The molecule has 0 aliphatic rings. The van der Waals surface area contributed by atoms with E-state index in [4.69, 9.17) is 4.74 Å². The number of aryl methyl sites for hydroxylation is 1. The predicted molar refractivity (Wildman–Crippen MR) is 72.5 cm³/mol. The summed E-state index contributed by atoms with van der Waals surface area (Å²) in [6.07, 6.45) is -3.86. The van der Waals surface area contributed by atoms with E-state index in [-0.39, 0.29) is 11.8 Å². The molecular weight excluding hydrogens is 283 g/mol. The van der Waals surface area contributed by atoms with Gasteiger partial charge in [0.15, 0.2) is 5.69 Å². The molecule has 1 heterocycles. The van der Waals surface area contributed by atoms with E-state index in [0.29, 0.717) is 12.2 Å². The Morgan fingerprint density at radius 1 is 1.19 bits per heavy atom. The number of nitrogens with zero attached hydrogens (tertiary/aromatic N) is 2. The summed E-state index contributed by atoms with van der Waals surface area (Å²) in [4.78, 5) is 7.27. The highest BCUT2D eigenvalue weighted by Gasteiger charge is 2.34. The van der Waals surface area contributed by atoms with Gasteiger partial charge in [-0.3, -0.25) is 0 Å². The molecule has 0 spiro atoms. The number of nitrogens with one attached hydrogen (secondary N) is 1. The average Bonchev–Trinajstić information content (AvgIpc) is 2.46. The molecule has 0 saturated heterocycles. The summed E-state index contributed by atoms with van der Waals surface area (Å²) in [7, 11) is 1.44. The first-order valence-corrected chi connectivity index (χ1v) is 6.33. The number of benzene rings is 1. The van der Waals surface area contributed by atoms with E-state index >= 15 is 0 Å². The maximum atomic E-state index is 12.8. The lowest BCUT2D eigenvalue weighted by Gasteiger charge is -2.12. The number of hydrogen-bond acceptors (Lipinski definition) is 4. The number of alkyl halides is 3. The van der Waals surface area contributed by atoms with Gasteiger partial charge in [-0.25, -0.2) is 4.98 Å². The minimum atomic E-state index is -4.56. The van der Waals surface area contributed by atoms with E-state index in [2.05, 4.69) is 15.3 Å². The molecule has 4 nitrogen and oxygen atoms in total. The lowest BCUT2D eigenvalue weighted by molar-refractivity contribution is -0.141. The van der Waals surface area contributed by atoms with E-state index in [1.54, 1.807) is 12.1 Å². The second kappa shape index (κ2) is 5.99. The first-order valence-electron chi connectivity index (χ1n) is 6.33. The van der Waals surface area contributed by atoms with Gasteiger partial charge in [0.2, 0.25) is 11.8 Å². The van der Waals surface area contributed by atoms with Gasteiger partial charge in [-0.15, -0.1) is 0 Å². The molecule has 112 valence electrons. The number of rotatable bonds is 4. The Morgan fingerprint density at radius 3 is 2.52 bits per heavy atom. The Bertz CT molecular complexity index is 629. The smallest absolute Gasteiger partial charge is 0.433 e. The molecule has 0 radical (unpaired) electrons. The zero-order valence-electron chi connectivity index (χ0n) is 11.5. The van der Waals surface area contributed by atoms with Crippen molar-refractivity contribution in [1.29, 1.82) is 0 Å². The lowest BCUT2D eigenvalue weighted by Crippen LogP contribution is -2.11. The van der Waals surface area contributed by atoms with Crippen LogP contribution in [-0.2, 0) is 12.6 Å². The van der Waals surface area contributed by atoms with Gasteiger partial charge in [-0.05, 0) is 18.1 Å². The van der Waals surface area contributed by atoms with Crippen LogP contribution in [0.4, 0.5) is 19.1 Å². The number of hydrogen-bond donors (Lipinski definition) is 1. The molecule has 0 bridgehead atoms. The molecule has 7 heteroatoms. The number of halogens is 3. The monoisotopic (exact) mass is 297 g/mol. The van der Waals surface area contributed by atoms with Crippen LogP contribution in [0.1, 0.15) is 18.2 Å². The molecule has 0 atom stereocenters. The van der Waals surface area contributed by atoms with Gasteiger partial charge in [0.1, 0.15) is 5.75 Å². The number of aromatic nitrogens is 2. The maximum Gasteiger partial charge on any atom is 0.433 e. The molecule has 1 aromatic carbocycles. The van der Waals surface area contributed by atoms with Crippen LogP contribution >= 0.6 is 0 Å². The van der Waals surface area contributed by atoms with Crippen molar-refractivity contribution in [3.05, 3.63) is 41.6 Å². The van der Waals surface area contributed by atoms with Crippen LogP contribution in [0.5, 0.6) is 11.6 Å². The molecule has 0 aliphatic carbocycles. The Morgan fingerprint density at radius 2 is 1.90 bits per heavy atom. The fraction of sp³-hybridized carbons (Fsp3) is 0.286. The van der Waals surface area contributed by atoms with E-state index < -0.39 is 11.9 Å². The molecule has 0 fully saturated rings. The Hall–Kier alpha value is -2.31. The molecular formula is C14H14F3N3O. The van der Waals surface area contributed by atoms with Crippen molar-refractivity contribution in [3.8, 4) is 11.6 Å². The van der Waals surface area contributed by atoms with Crippen LogP contribution in [0.2, 0.25) is 0 Å². The second-order valence-corrected chi connectivity index (χ2v) is 4.23. The average molecular weight is 297 g/mol. The van der Waals surface area contributed by atoms with Crippen molar-refractivity contribution in [2.75, 3.05) is 12.4 Å². The highest BCUT2D eigenvalue weighted by atomic mass is 19.4. The summed E-state index contributed by atoms with van der Waals surface area (Å²) in [5, 5.41) is 2.49. The molecule has 0 saturated carbocycles. The molecule has 0 aliphatic heterocycles. The van der Waals surface area contributed by atoms with Crippen LogP contribution in [0.25, 0.3) is 0 Å². The minimum Gasteiger partial charge on any atom is -0.439 e. The zero-order chi connectivity index (χ0) is 15.5. The van der Waals surface area contributed by atoms with Crippen molar-refractivity contribution < 1.29 is 17.9 Å². The van der Waals surface area contributed by atoms with E-state index in [1.165, 1.54) is 7.05 Å². The molecule has 0 unspecified atom stereocenters. The van der Waals surface area contributed by atoms with Gasteiger partial charge in [0.05, 0.1) is 0 Å². The van der Waals surface area contributed by atoms with Crippen LogP contribution in [0.15, 0.2) is 30.3 Å². The summed E-state index contributed by atoms with van der Waals surface area (Å²) in [6.45, 7) is 1.93. The normalized spacial score (nSPS) is 11.3. The highest BCUT2D eigenvalue weighted by molar-refractivity contribution is 5.38. The quantitative estimate of drug-likeness (QED) is 0.930. The standard InChI is InChI=1S/C14H14F3N3O/c1-3-9-6-4-5-7-10(9)21-12-8-11(14(15,16)17)19-13(18-2)20-12/h4-8H,3H2,1-2H3,(H,18,19,20). The first kappa shape index (κ1) is 15.1. The van der Waals surface area contributed by atoms with E-state index in [9.17, 15) is 13.2 Å². The third-order valence-corrected chi connectivity index (χ3v) is 2.78. The first-order chi connectivity index (χ1) is 9.94. The van der Waals surface area contributed by atoms with Gasteiger partial charge in [0, 0.05) is 13.1 Å². The fourth-order valence-corrected chi connectivity index (χ4v) is 1.74. The minimum absolute atomic E-state index is 0.145. The zero-order valence-corrected chi connectivity index (χ0v) is 11.5. The van der Waals surface area contributed by atoms with Crippen molar-refractivity contribution in [3.63, 3.8) is 0 Å². The molecule has 21 heavy (non-hydrogen) atoms. The van der Waals surface area contributed by atoms with Gasteiger partial charge in [0.25, 0.3) is 0 Å². The SMILES string of the molecule is CCc1ccccc1Oc1cc(C(F)(F)F)nc(NC)n1. The Labute approximate surface area is 120 Å². The molecule has 0 amide bonds. The van der Waals surface area contributed by atoms with Crippen LogP contribution in [0, 0.1) is 0 Å². The Kier molecular flexibility index (Phi) is 4.30. The molecule has 1 N–H and O–H groups in total. The van der Waals surface area contributed by atoms with E-state index in [0.717, 1.165) is 11.6 Å². The lowest BCUT2D eigenvalue weighted by atomic mass is 10.1. The van der Waals surface area contributed by atoms with Crippen molar-refractivity contribution >= 4 is 5.95 Å². The number of ether oxygens (including phenoxy) is 1. The summed E-state index contributed by atoms with van der Waals surface area (Å²) in [6, 6.07) is 7.91. The summed E-state index contributed by atoms with van der Waals surface area (Å²) in [5.74, 6) is 0.185. The van der Waals surface area contributed by atoms with Gasteiger partial charge < -0.3 is 10.1 Å². The molecule has 1 aromatic heterocycles. The molecule has 2 aromatic rings. The number of anilines is 1. The molecule has 2 rings (SSSR count). The highest BCUT2D eigenvalue weighted by Crippen LogP contribution is 2.32. The third kappa shape index (κ3) is 3.62. The summed E-state index contributed by atoms with van der Waals surface area (Å²) < 4.78 is 43.9. The second-order valence-electron chi connectivity index (χ2n) is 4.23. The van der Waals surface area contributed by atoms with Gasteiger partial charge >= 0.3 is 6.18 Å². The van der Waals surface area contributed by atoms with Crippen LogP contribution < -0.4 is 10.1 Å². The van der Waals surface area contributed by atoms with E-state index in [1.807, 2.05) is 19.1 Å². The largest absolute Gasteiger partial charge is 0.439 e. The number of para-hydroxylation sites is 1. The fourth-order valence-electron chi connectivity index (χ4n) is 1.74. The van der Waals surface area contributed by atoms with Crippen molar-refractivity contribution in [2.45, 2.75) is 19.5 Å². The summed E-state index contributed by atoms with van der Waals surface area (Å²) >= 11 is 0. The van der Waals surface area contributed by atoms with Crippen LogP contribution in [-0.4, -0.2) is 17.0 Å². The third-order valence-electron chi connectivity index (χ3n) is 2.78. The topological polar surface area (TPSA) is 47.0 Å². The van der Waals surface area contributed by atoms with Crippen LogP contribution in [0.3, 0.4) is 0 Å².